The van der Waals surface area contributed by atoms with E-state index in [4.69, 9.17) is 16.0 Å². The second kappa shape index (κ2) is 4.78. The third-order valence-corrected chi connectivity index (χ3v) is 3.73. The summed E-state index contributed by atoms with van der Waals surface area (Å²) in [6.07, 6.45) is 1.62. The molecule has 0 spiro atoms. The Labute approximate surface area is 113 Å². The summed E-state index contributed by atoms with van der Waals surface area (Å²) in [4.78, 5) is 8.73. The summed E-state index contributed by atoms with van der Waals surface area (Å²) in [5, 5.41) is 0.412. The lowest BCUT2D eigenvalue weighted by atomic mass is 10.1. The number of hydrogen-bond acceptors (Lipinski definition) is 3. The number of rotatable bonds is 2. The zero-order valence-electron chi connectivity index (χ0n) is 9.79. The fraction of sp³-hybridized carbons (Fsp3) is 0.333. The van der Waals surface area contributed by atoms with Gasteiger partial charge in [0.2, 0.25) is 0 Å². The zero-order valence-corrected chi connectivity index (χ0v) is 12.1. The largest absolute Gasteiger partial charge is 0.461 e. The minimum absolute atomic E-state index is 0.263. The molecule has 0 fully saturated rings. The average molecular weight is 316 g/mol. The van der Waals surface area contributed by atoms with Crippen LogP contribution in [-0.2, 0) is 0 Å². The van der Waals surface area contributed by atoms with Crippen LogP contribution in [0.3, 0.4) is 0 Å². The van der Waals surface area contributed by atoms with Crippen LogP contribution >= 0.6 is 27.5 Å². The van der Waals surface area contributed by atoms with Crippen LogP contribution < -0.4 is 0 Å². The predicted octanol–water partition coefficient (Wildman–Crippen LogP) is 4.58. The molecule has 0 aliphatic rings. The van der Waals surface area contributed by atoms with Crippen LogP contribution in [0.4, 0.5) is 0 Å². The van der Waals surface area contributed by atoms with E-state index in [1.165, 1.54) is 0 Å². The molecule has 0 saturated carbocycles. The van der Waals surface area contributed by atoms with Crippen LogP contribution in [0.2, 0.25) is 5.15 Å². The second-order valence-corrected chi connectivity index (χ2v) is 5.28. The molecule has 0 aromatic carbocycles. The second-order valence-electron chi connectivity index (χ2n) is 4.12. The van der Waals surface area contributed by atoms with Gasteiger partial charge in [-0.2, -0.15) is 0 Å². The maximum atomic E-state index is 6.09. The molecule has 0 amide bonds. The Hall–Kier alpha value is -0.870. The van der Waals surface area contributed by atoms with E-state index in [1.807, 2.05) is 13.0 Å². The molecule has 0 N–H and O–H groups in total. The highest BCUT2D eigenvalue weighted by Gasteiger charge is 2.17. The van der Waals surface area contributed by atoms with Crippen molar-refractivity contribution in [3.63, 3.8) is 0 Å². The first kappa shape index (κ1) is 12.6. The SMILES string of the molecule is Cc1ccoc1-c1nc(Cl)c(Br)c(C(C)C)n1. The van der Waals surface area contributed by atoms with Gasteiger partial charge in [0, 0.05) is 0 Å². The molecule has 0 aliphatic heterocycles. The minimum atomic E-state index is 0.263. The molecule has 90 valence electrons. The monoisotopic (exact) mass is 314 g/mol. The Morgan fingerprint density at radius 3 is 2.59 bits per heavy atom. The molecule has 3 nitrogen and oxygen atoms in total. The molecule has 0 bridgehead atoms. The summed E-state index contributed by atoms with van der Waals surface area (Å²) in [7, 11) is 0. The maximum Gasteiger partial charge on any atom is 0.197 e. The number of nitrogens with zero attached hydrogens (tertiary/aromatic N) is 2. The van der Waals surface area contributed by atoms with E-state index in [9.17, 15) is 0 Å². The van der Waals surface area contributed by atoms with E-state index >= 15 is 0 Å². The van der Waals surface area contributed by atoms with Gasteiger partial charge in [-0.3, -0.25) is 0 Å². The molecular weight excluding hydrogens is 304 g/mol. The highest BCUT2D eigenvalue weighted by atomic mass is 79.9. The summed E-state index contributed by atoms with van der Waals surface area (Å²) in [5.74, 6) is 1.46. The summed E-state index contributed by atoms with van der Waals surface area (Å²) in [6.45, 7) is 6.07. The van der Waals surface area contributed by atoms with Gasteiger partial charge in [0.25, 0.3) is 0 Å². The van der Waals surface area contributed by atoms with Crippen molar-refractivity contribution >= 4 is 27.5 Å². The molecule has 0 unspecified atom stereocenters. The molecule has 2 heterocycles. The first-order valence-corrected chi connectivity index (χ1v) is 6.45. The smallest absolute Gasteiger partial charge is 0.197 e. The predicted molar refractivity (Wildman–Crippen MR) is 71.3 cm³/mol. The summed E-state index contributed by atoms with van der Waals surface area (Å²) in [5.41, 5.74) is 1.88. The van der Waals surface area contributed by atoms with Gasteiger partial charge in [-0.05, 0) is 40.4 Å². The van der Waals surface area contributed by atoms with Crippen molar-refractivity contribution in [3.05, 3.63) is 33.2 Å². The van der Waals surface area contributed by atoms with Crippen molar-refractivity contribution in [2.75, 3.05) is 0 Å². The van der Waals surface area contributed by atoms with Crippen LogP contribution in [0.15, 0.2) is 21.2 Å². The van der Waals surface area contributed by atoms with Gasteiger partial charge >= 0.3 is 0 Å². The average Bonchev–Trinajstić information content (AvgIpc) is 2.68. The molecule has 2 rings (SSSR count). The molecule has 0 saturated heterocycles. The Morgan fingerprint density at radius 1 is 1.35 bits per heavy atom. The summed E-state index contributed by atoms with van der Waals surface area (Å²) in [6, 6.07) is 1.88. The van der Waals surface area contributed by atoms with Gasteiger partial charge in [-0.25, -0.2) is 9.97 Å². The van der Waals surface area contributed by atoms with E-state index in [2.05, 4.69) is 39.7 Å². The van der Waals surface area contributed by atoms with Gasteiger partial charge in [-0.1, -0.05) is 25.4 Å². The van der Waals surface area contributed by atoms with Crippen LogP contribution in [0.5, 0.6) is 0 Å². The first-order valence-electron chi connectivity index (χ1n) is 5.28. The molecule has 17 heavy (non-hydrogen) atoms. The Balaban J connectivity index is 2.61. The Bertz CT molecular complexity index is 551. The third-order valence-electron chi connectivity index (χ3n) is 2.45. The van der Waals surface area contributed by atoms with E-state index in [0.717, 1.165) is 15.7 Å². The minimum Gasteiger partial charge on any atom is -0.461 e. The van der Waals surface area contributed by atoms with Crippen LogP contribution in [0, 0.1) is 6.92 Å². The zero-order chi connectivity index (χ0) is 12.6. The van der Waals surface area contributed by atoms with Crippen LogP contribution in [0.1, 0.15) is 31.0 Å². The van der Waals surface area contributed by atoms with Crippen molar-refractivity contribution in [2.24, 2.45) is 0 Å². The van der Waals surface area contributed by atoms with Gasteiger partial charge in [0.1, 0.15) is 5.15 Å². The van der Waals surface area contributed by atoms with Gasteiger partial charge < -0.3 is 4.42 Å². The van der Waals surface area contributed by atoms with Crippen molar-refractivity contribution in [1.82, 2.24) is 9.97 Å². The third kappa shape index (κ3) is 2.38. The number of halogens is 2. The van der Waals surface area contributed by atoms with Crippen molar-refractivity contribution < 1.29 is 4.42 Å². The Kier molecular flexibility index (Phi) is 3.54. The fourth-order valence-electron chi connectivity index (χ4n) is 1.52. The molecule has 2 aromatic rings. The quantitative estimate of drug-likeness (QED) is 0.761. The number of hydrogen-bond donors (Lipinski definition) is 0. The number of aromatic nitrogens is 2. The molecule has 0 aliphatic carbocycles. The van der Waals surface area contributed by atoms with Crippen molar-refractivity contribution in [2.45, 2.75) is 26.7 Å². The van der Waals surface area contributed by atoms with E-state index in [0.29, 0.717) is 16.7 Å². The molecule has 5 heteroatoms. The van der Waals surface area contributed by atoms with Crippen LogP contribution in [0.25, 0.3) is 11.6 Å². The maximum absolute atomic E-state index is 6.09. The first-order chi connectivity index (χ1) is 8.00. The molecular formula is C12H12BrClN2O. The fourth-order valence-corrected chi connectivity index (χ4v) is 2.33. The van der Waals surface area contributed by atoms with E-state index < -0.39 is 0 Å². The molecule has 0 radical (unpaired) electrons. The lowest BCUT2D eigenvalue weighted by Gasteiger charge is -2.10. The summed E-state index contributed by atoms with van der Waals surface area (Å²) < 4.78 is 6.13. The van der Waals surface area contributed by atoms with Gasteiger partial charge in [0.15, 0.2) is 11.6 Å². The lowest BCUT2D eigenvalue weighted by molar-refractivity contribution is 0.574. The highest BCUT2D eigenvalue weighted by molar-refractivity contribution is 9.10. The Morgan fingerprint density at radius 2 is 2.06 bits per heavy atom. The van der Waals surface area contributed by atoms with E-state index in [-0.39, 0.29) is 5.92 Å². The molecule has 0 atom stereocenters. The standard InChI is InChI=1S/C12H12BrClN2O/c1-6(2)9-8(13)11(14)16-12(15-9)10-7(3)4-5-17-10/h4-6H,1-3H3. The summed E-state index contributed by atoms with van der Waals surface area (Å²) >= 11 is 9.50. The number of aryl methyl sites for hydroxylation is 1. The van der Waals surface area contributed by atoms with E-state index in [1.54, 1.807) is 6.26 Å². The highest BCUT2D eigenvalue weighted by Crippen LogP contribution is 2.32. The van der Waals surface area contributed by atoms with Crippen molar-refractivity contribution in [1.29, 1.82) is 0 Å². The topological polar surface area (TPSA) is 38.9 Å². The van der Waals surface area contributed by atoms with Gasteiger partial charge in [0.05, 0.1) is 16.4 Å². The lowest BCUT2D eigenvalue weighted by Crippen LogP contribution is -2.00. The van der Waals surface area contributed by atoms with Crippen LogP contribution in [-0.4, -0.2) is 9.97 Å². The van der Waals surface area contributed by atoms with Crippen molar-refractivity contribution in [3.8, 4) is 11.6 Å². The van der Waals surface area contributed by atoms with Gasteiger partial charge in [-0.15, -0.1) is 0 Å². The normalized spacial score (nSPS) is 11.2. The number of furan rings is 1. The molecule has 2 aromatic heterocycles.